The van der Waals surface area contributed by atoms with Gasteiger partial charge in [-0.1, -0.05) is 12.5 Å². The van der Waals surface area contributed by atoms with E-state index in [4.69, 9.17) is 4.43 Å². The molecule has 2 saturated carbocycles. The molecule has 1 aromatic rings. The first kappa shape index (κ1) is 13.8. The molecule has 1 aromatic carbocycles. The van der Waals surface area contributed by atoms with E-state index >= 15 is 0 Å². The van der Waals surface area contributed by atoms with Gasteiger partial charge in [0, 0.05) is 6.61 Å². The number of phenolic OH excluding ortho intramolecular Hbond substituents is 1. The van der Waals surface area contributed by atoms with Gasteiger partial charge in [-0.25, -0.2) is 0 Å². The third-order valence-electron chi connectivity index (χ3n) is 6.60. The first-order chi connectivity index (χ1) is 10.2. The molecule has 0 amide bonds. The highest BCUT2D eigenvalue weighted by atomic mass is 28.2. The van der Waals surface area contributed by atoms with Crippen LogP contribution >= 0.6 is 0 Å². The minimum absolute atomic E-state index is 0.422. The minimum Gasteiger partial charge on any atom is -0.508 e. The first-order valence-corrected chi connectivity index (χ1v) is 8.75. The van der Waals surface area contributed by atoms with E-state index in [9.17, 15) is 5.11 Å². The van der Waals surface area contributed by atoms with Gasteiger partial charge in [-0.05, 0) is 85.0 Å². The summed E-state index contributed by atoms with van der Waals surface area (Å²) in [5, 5.41) is 9.72. The maximum Gasteiger partial charge on any atom is 0.246 e. The molecule has 111 valence electrons. The molecule has 0 spiro atoms. The molecule has 0 bridgehead atoms. The summed E-state index contributed by atoms with van der Waals surface area (Å²) in [6, 6.07) is 6.05. The van der Waals surface area contributed by atoms with Crippen molar-refractivity contribution in [2.75, 3.05) is 6.61 Å². The number of fused-ring (bicyclic) bond motifs is 5. The summed E-state index contributed by atoms with van der Waals surface area (Å²) in [5.41, 5.74) is 3.33. The van der Waals surface area contributed by atoms with Gasteiger partial charge in [0.05, 0.1) is 0 Å². The predicted octanol–water partition coefficient (Wildman–Crippen LogP) is 3.72. The molecule has 2 nitrogen and oxygen atoms in total. The van der Waals surface area contributed by atoms with Crippen LogP contribution in [0, 0.1) is 17.3 Å². The highest BCUT2D eigenvalue weighted by Gasteiger charge is 2.52. The number of aryl methyl sites for hydroxylation is 1. The molecular formula is C18H23O2Si. The molecular weight excluding hydrogens is 276 g/mol. The van der Waals surface area contributed by atoms with Crippen molar-refractivity contribution in [2.45, 2.75) is 50.9 Å². The van der Waals surface area contributed by atoms with Crippen LogP contribution in [-0.2, 0) is 10.8 Å². The number of hydrogen-bond donors (Lipinski definition) is 1. The Bertz CT molecular complexity index is 544. The molecule has 0 unspecified atom stereocenters. The summed E-state index contributed by atoms with van der Waals surface area (Å²) in [6.45, 7) is 0.875. The van der Waals surface area contributed by atoms with Gasteiger partial charge in [0.25, 0.3) is 0 Å². The Morgan fingerprint density at radius 1 is 1.24 bits per heavy atom. The number of hydrogen-bond acceptors (Lipinski definition) is 2. The third kappa shape index (κ3) is 2.08. The number of rotatable bonds is 2. The molecule has 3 heteroatoms. The summed E-state index contributed by atoms with van der Waals surface area (Å²) >= 11 is 0. The van der Waals surface area contributed by atoms with E-state index < -0.39 is 0 Å². The summed E-state index contributed by atoms with van der Waals surface area (Å²) in [7, 11) is 3.26. The average Bonchev–Trinajstić information content (AvgIpc) is 2.90. The summed E-state index contributed by atoms with van der Waals surface area (Å²) in [5.74, 6) is 2.78. The normalized spacial score (nSPS) is 37.7. The summed E-state index contributed by atoms with van der Waals surface area (Å²) in [6.07, 6.45) is 9.09. The van der Waals surface area contributed by atoms with Gasteiger partial charge in [0.2, 0.25) is 10.5 Å². The number of benzene rings is 1. The van der Waals surface area contributed by atoms with E-state index in [1.54, 1.807) is 0 Å². The predicted molar refractivity (Wildman–Crippen MR) is 83.4 cm³/mol. The van der Waals surface area contributed by atoms with Gasteiger partial charge in [-0.2, -0.15) is 0 Å². The van der Waals surface area contributed by atoms with Crippen LogP contribution in [0.25, 0.3) is 0 Å². The van der Waals surface area contributed by atoms with E-state index in [0.717, 1.165) is 24.9 Å². The van der Waals surface area contributed by atoms with Crippen molar-refractivity contribution >= 4 is 10.5 Å². The lowest BCUT2D eigenvalue weighted by Crippen LogP contribution is -2.43. The van der Waals surface area contributed by atoms with Crippen LogP contribution in [0.2, 0.25) is 0 Å². The van der Waals surface area contributed by atoms with E-state index in [-0.39, 0.29) is 0 Å². The molecule has 3 aliphatic rings. The maximum atomic E-state index is 9.72. The molecule has 0 heterocycles. The Hall–Kier alpha value is -0.803. The molecule has 0 aromatic heterocycles. The summed E-state index contributed by atoms with van der Waals surface area (Å²) in [4.78, 5) is 0. The fraction of sp³-hybridized carbons (Fsp3) is 0.667. The van der Waals surface area contributed by atoms with Crippen molar-refractivity contribution in [1.82, 2.24) is 0 Å². The Kier molecular flexibility index (Phi) is 3.38. The van der Waals surface area contributed by atoms with E-state index in [0.29, 0.717) is 17.1 Å². The van der Waals surface area contributed by atoms with Gasteiger partial charge in [-0.15, -0.1) is 0 Å². The average molecular weight is 299 g/mol. The Morgan fingerprint density at radius 2 is 2.14 bits per heavy atom. The largest absolute Gasteiger partial charge is 0.508 e. The van der Waals surface area contributed by atoms with E-state index in [1.165, 1.54) is 49.7 Å². The molecule has 4 atom stereocenters. The van der Waals surface area contributed by atoms with Crippen molar-refractivity contribution in [3.05, 3.63) is 29.3 Å². The number of aromatic hydroxyl groups is 1. The van der Waals surface area contributed by atoms with Crippen LogP contribution in [0.1, 0.15) is 55.6 Å². The van der Waals surface area contributed by atoms with Crippen LogP contribution in [0.15, 0.2) is 18.2 Å². The zero-order valence-electron chi connectivity index (χ0n) is 12.5. The fourth-order valence-corrected chi connectivity index (χ4v) is 6.05. The standard InChI is InChI=1S/C18H23O2Si/c19-13-4-6-14-12(10-13)3-5-16-15(14)7-9-18(11-20-21)8-1-2-17(16)18/h4,6,10,15-17,19H,1-3,5,7-9,11H2/t15-,16-,17+,18+/m1/s1. The lowest BCUT2D eigenvalue weighted by atomic mass is 9.55. The molecule has 2 fully saturated rings. The van der Waals surface area contributed by atoms with Crippen LogP contribution in [0.5, 0.6) is 5.75 Å². The highest BCUT2D eigenvalue weighted by molar-refractivity contribution is 5.97. The smallest absolute Gasteiger partial charge is 0.246 e. The van der Waals surface area contributed by atoms with Gasteiger partial charge < -0.3 is 9.53 Å². The van der Waals surface area contributed by atoms with Crippen LogP contribution in [-0.4, -0.2) is 22.2 Å². The second-order valence-electron chi connectivity index (χ2n) is 7.38. The lowest BCUT2D eigenvalue weighted by molar-refractivity contribution is 0.00707. The van der Waals surface area contributed by atoms with Gasteiger partial charge >= 0.3 is 0 Å². The van der Waals surface area contributed by atoms with E-state index in [2.05, 4.69) is 16.6 Å². The van der Waals surface area contributed by atoms with Crippen molar-refractivity contribution in [2.24, 2.45) is 17.3 Å². The second-order valence-corrected chi connectivity index (χ2v) is 7.67. The molecule has 0 aliphatic heterocycles. The maximum absolute atomic E-state index is 9.72. The van der Waals surface area contributed by atoms with Crippen molar-refractivity contribution < 1.29 is 9.53 Å². The third-order valence-corrected chi connectivity index (χ3v) is 6.74. The molecule has 4 rings (SSSR count). The van der Waals surface area contributed by atoms with Gasteiger partial charge in [0.15, 0.2) is 0 Å². The lowest BCUT2D eigenvalue weighted by Gasteiger charge is -2.50. The van der Waals surface area contributed by atoms with Gasteiger partial charge in [0.1, 0.15) is 5.75 Å². The second kappa shape index (κ2) is 5.13. The SMILES string of the molecule is Oc1ccc2c(c1)CC[C@@H]1[C@@H]2CC[C@]2(CO[Si])CCC[C@@H]12. The summed E-state index contributed by atoms with van der Waals surface area (Å²) < 4.78 is 5.42. The Morgan fingerprint density at radius 3 is 3.00 bits per heavy atom. The topological polar surface area (TPSA) is 29.5 Å². The fourth-order valence-electron chi connectivity index (χ4n) is 5.76. The molecule has 3 aliphatic carbocycles. The Balaban J connectivity index is 1.67. The van der Waals surface area contributed by atoms with Crippen molar-refractivity contribution in [3.8, 4) is 5.75 Å². The molecule has 1 N–H and O–H groups in total. The monoisotopic (exact) mass is 299 g/mol. The zero-order valence-corrected chi connectivity index (χ0v) is 13.5. The highest BCUT2D eigenvalue weighted by Crippen LogP contribution is 2.61. The van der Waals surface area contributed by atoms with E-state index in [1.807, 2.05) is 12.1 Å². The molecule has 3 radical (unpaired) electrons. The first-order valence-electron chi connectivity index (χ1n) is 8.34. The molecule has 21 heavy (non-hydrogen) atoms. The Labute approximate surface area is 130 Å². The molecule has 0 saturated heterocycles. The zero-order chi connectivity index (χ0) is 14.4. The van der Waals surface area contributed by atoms with Gasteiger partial charge in [-0.3, -0.25) is 0 Å². The minimum atomic E-state index is 0.422. The van der Waals surface area contributed by atoms with Crippen LogP contribution in [0.4, 0.5) is 0 Å². The van der Waals surface area contributed by atoms with Crippen molar-refractivity contribution in [3.63, 3.8) is 0 Å². The number of phenols is 1. The van der Waals surface area contributed by atoms with Crippen molar-refractivity contribution in [1.29, 1.82) is 0 Å². The van der Waals surface area contributed by atoms with Crippen LogP contribution in [0.3, 0.4) is 0 Å². The quantitative estimate of drug-likeness (QED) is 0.843. The van der Waals surface area contributed by atoms with Crippen LogP contribution < -0.4 is 0 Å².